The molecular weight excluding hydrogens is 342 g/mol. The third kappa shape index (κ3) is 3.53. The Morgan fingerprint density at radius 2 is 1.69 bits per heavy atom. The highest BCUT2D eigenvalue weighted by molar-refractivity contribution is 7.98. The minimum Gasteiger partial charge on any atom is -0.497 e. The number of aromatic nitrogens is 3. The van der Waals surface area contributed by atoms with Gasteiger partial charge in [0.1, 0.15) is 5.75 Å². The molecule has 128 valence electrons. The normalized spacial score (nSPS) is 10.8. The first-order valence-corrected chi connectivity index (χ1v) is 9.25. The zero-order valence-electron chi connectivity index (χ0n) is 14.3. The van der Waals surface area contributed by atoms with Gasteiger partial charge in [-0.15, -0.1) is 0 Å². The second-order valence-electron chi connectivity index (χ2n) is 5.72. The van der Waals surface area contributed by atoms with Crippen molar-refractivity contribution in [1.82, 2.24) is 15.0 Å². The van der Waals surface area contributed by atoms with E-state index in [-0.39, 0.29) is 0 Å². The molecule has 0 aliphatic rings. The van der Waals surface area contributed by atoms with Gasteiger partial charge in [0.05, 0.1) is 18.5 Å². The third-order valence-electron chi connectivity index (χ3n) is 4.11. The Balaban J connectivity index is 1.55. The Bertz CT molecular complexity index is 1030. The Labute approximate surface area is 156 Å². The number of benzene rings is 2. The maximum absolute atomic E-state index is 5.21. The van der Waals surface area contributed by atoms with Crippen LogP contribution < -0.4 is 4.74 Å². The second-order valence-corrected chi connectivity index (χ2v) is 6.66. The standard InChI is InChI=1S/C21H17N3OS/c1-25-17-8-6-16(7-9-17)19-11-13-23-21(24-19)26-14-20-18-5-3-2-4-15(18)10-12-22-20/h2-13H,14H2,1H3. The molecule has 0 bridgehead atoms. The van der Waals surface area contributed by atoms with Crippen LogP contribution in [0.5, 0.6) is 5.75 Å². The number of thioether (sulfide) groups is 1. The van der Waals surface area contributed by atoms with E-state index in [9.17, 15) is 0 Å². The van der Waals surface area contributed by atoms with Crippen LogP contribution in [0.25, 0.3) is 22.0 Å². The van der Waals surface area contributed by atoms with Crippen LogP contribution in [-0.4, -0.2) is 22.1 Å². The summed E-state index contributed by atoms with van der Waals surface area (Å²) in [6.45, 7) is 0. The summed E-state index contributed by atoms with van der Waals surface area (Å²) < 4.78 is 5.21. The van der Waals surface area contributed by atoms with Gasteiger partial charge in [-0.2, -0.15) is 0 Å². The Morgan fingerprint density at radius 1 is 0.885 bits per heavy atom. The summed E-state index contributed by atoms with van der Waals surface area (Å²) in [6.07, 6.45) is 3.65. The lowest BCUT2D eigenvalue weighted by atomic mass is 10.1. The maximum atomic E-state index is 5.21. The van der Waals surface area contributed by atoms with Gasteiger partial charge in [0.25, 0.3) is 0 Å². The molecule has 0 atom stereocenters. The topological polar surface area (TPSA) is 47.9 Å². The fourth-order valence-electron chi connectivity index (χ4n) is 2.76. The van der Waals surface area contributed by atoms with Gasteiger partial charge in [-0.05, 0) is 41.8 Å². The molecule has 0 amide bonds. The van der Waals surface area contributed by atoms with Crippen LogP contribution in [0.2, 0.25) is 0 Å². The monoisotopic (exact) mass is 359 g/mol. The molecule has 4 rings (SSSR count). The number of pyridine rings is 1. The number of fused-ring (bicyclic) bond motifs is 1. The molecule has 0 aliphatic heterocycles. The maximum Gasteiger partial charge on any atom is 0.188 e. The van der Waals surface area contributed by atoms with Crippen LogP contribution in [0, 0.1) is 0 Å². The first-order chi connectivity index (χ1) is 12.8. The van der Waals surface area contributed by atoms with Crippen molar-refractivity contribution in [1.29, 1.82) is 0 Å². The second kappa shape index (κ2) is 7.54. The zero-order chi connectivity index (χ0) is 17.8. The van der Waals surface area contributed by atoms with E-state index in [0.29, 0.717) is 0 Å². The van der Waals surface area contributed by atoms with Crippen LogP contribution in [-0.2, 0) is 5.75 Å². The van der Waals surface area contributed by atoms with Gasteiger partial charge >= 0.3 is 0 Å². The summed E-state index contributed by atoms with van der Waals surface area (Å²) in [5.41, 5.74) is 2.99. The zero-order valence-corrected chi connectivity index (χ0v) is 15.1. The van der Waals surface area contributed by atoms with Crippen LogP contribution >= 0.6 is 11.8 Å². The molecule has 0 N–H and O–H groups in total. The largest absolute Gasteiger partial charge is 0.497 e. The van der Waals surface area contributed by atoms with Gasteiger partial charge in [-0.25, -0.2) is 9.97 Å². The quantitative estimate of drug-likeness (QED) is 0.371. The summed E-state index contributed by atoms with van der Waals surface area (Å²) in [5, 5.41) is 3.12. The molecule has 0 fully saturated rings. The fourth-order valence-corrected chi connectivity index (χ4v) is 3.56. The highest BCUT2D eigenvalue weighted by atomic mass is 32.2. The number of hydrogen-bond donors (Lipinski definition) is 0. The SMILES string of the molecule is COc1ccc(-c2ccnc(SCc3nccc4ccccc34)n2)cc1. The molecule has 2 heterocycles. The van der Waals surface area contributed by atoms with E-state index in [1.807, 2.05) is 54.7 Å². The predicted molar refractivity (Wildman–Crippen MR) is 105 cm³/mol. The fraction of sp³-hybridized carbons (Fsp3) is 0.0952. The molecule has 0 saturated heterocycles. The molecule has 5 heteroatoms. The molecule has 26 heavy (non-hydrogen) atoms. The lowest BCUT2D eigenvalue weighted by Crippen LogP contribution is -1.93. The Hall–Kier alpha value is -2.92. The van der Waals surface area contributed by atoms with Crippen molar-refractivity contribution in [2.24, 2.45) is 0 Å². The van der Waals surface area contributed by atoms with Crippen molar-refractivity contribution >= 4 is 22.5 Å². The van der Waals surface area contributed by atoms with Crippen LogP contribution in [0.1, 0.15) is 5.69 Å². The van der Waals surface area contributed by atoms with Gasteiger partial charge in [0.15, 0.2) is 5.16 Å². The Kier molecular flexibility index (Phi) is 4.80. The number of methoxy groups -OCH3 is 1. The molecule has 0 aliphatic carbocycles. The predicted octanol–water partition coefficient (Wildman–Crippen LogP) is 4.99. The van der Waals surface area contributed by atoms with Crippen LogP contribution in [0.3, 0.4) is 0 Å². The van der Waals surface area contributed by atoms with Crippen molar-refractivity contribution in [2.45, 2.75) is 10.9 Å². The average Bonchev–Trinajstić information content (AvgIpc) is 2.72. The summed E-state index contributed by atoms with van der Waals surface area (Å²) >= 11 is 1.60. The van der Waals surface area contributed by atoms with E-state index in [1.165, 1.54) is 10.8 Å². The van der Waals surface area contributed by atoms with E-state index in [0.717, 1.165) is 33.6 Å². The minimum atomic E-state index is 0.730. The van der Waals surface area contributed by atoms with Gasteiger partial charge in [0, 0.05) is 29.1 Å². The smallest absolute Gasteiger partial charge is 0.188 e. The van der Waals surface area contributed by atoms with Crippen molar-refractivity contribution in [2.75, 3.05) is 7.11 Å². The van der Waals surface area contributed by atoms with E-state index in [4.69, 9.17) is 4.74 Å². The van der Waals surface area contributed by atoms with E-state index < -0.39 is 0 Å². The molecule has 4 aromatic rings. The molecule has 4 nitrogen and oxygen atoms in total. The lowest BCUT2D eigenvalue weighted by molar-refractivity contribution is 0.415. The number of ether oxygens (including phenoxy) is 1. The minimum absolute atomic E-state index is 0.730. The van der Waals surface area contributed by atoms with E-state index >= 15 is 0 Å². The lowest BCUT2D eigenvalue weighted by Gasteiger charge is -2.06. The van der Waals surface area contributed by atoms with Gasteiger partial charge in [-0.3, -0.25) is 4.98 Å². The number of hydrogen-bond acceptors (Lipinski definition) is 5. The number of rotatable bonds is 5. The van der Waals surface area contributed by atoms with Crippen molar-refractivity contribution in [3.63, 3.8) is 0 Å². The first kappa shape index (κ1) is 16.5. The summed E-state index contributed by atoms with van der Waals surface area (Å²) in [4.78, 5) is 13.6. The molecule has 0 saturated carbocycles. The third-order valence-corrected chi connectivity index (χ3v) is 4.99. The highest BCUT2D eigenvalue weighted by Gasteiger charge is 2.07. The molecule has 2 aromatic carbocycles. The van der Waals surface area contributed by atoms with Crippen molar-refractivity contribution < 1.29 is 4.74 Å². The Morgan fingerprint density at radius 3 is 2.54 bits per heavy atom. The van der Waals surface area contributed by atoms with Crippen molar-refractivity contribution in [3.8, 4) is 17.0 Å². The average molecular weight is 359 g/mol. The van der Waals surface area contributed by atoms with Crippen molar-refractivity contribution in [3.05, 3.63) is 78.8 Å². The summed E-state index contributed by atoms with van der Waals surface area (Å²) in [5.74, 6) is 1.56. The van der Waals surface area contributed by atoms with Gasteiger partial charge in [0.2, 0.25) is 0 Å². The summed E-state index contributed by atoms with van der Waals surface area (Å²) in [7, 11) is 1.66. The molecule has 0 unspecified atom stereocenters. The summed E-state index contributed by atoms with van der Waals surface area (Å²) in [6, 6.07) is 20.1. The first-order valence-electron chi connectivity index (χ1n) is 8.26. The molecule has 0 spiro atoms. The highest BCUT2D eigenvalue weighted by Crippen LogP contribution is 2.26. The van der Waals surface area contributed by atoms with Gasteiger partial charge < -0.3 is 4.74 Å². The van der Waals surface area contributed by atoms with Gasteiger partial charge in [-0.1, -0.05) is 36.0 Å². The molecular formula is C21H17N3OS. The van der Waals surface area contributed by atoms with E-state index in [1.54, 1.807) is 25.1 Å². The molecule has 0 radical (unpaired) electrons. The van der Waals surface area contributed by atoms with Crippen LogP contribution in [0.4, 0.5) is 0 Å². The van der Waals surface area contributed by atoms with Crippen LogP contribution in [0.15, 0.2) is 78.2 Å². The molecule has 2 aromatic heterocycles. The van der Waals surface area contributed by atoms with E-state index in [2.05, 4.69) is 27.1 Å². The number of nitrogens with zero attached hydrogens (tertiary/aromatic N) is 3.